The Labute approximate surface area is 139 Å². The highest BCUT2D eigenvalue weighted by Gasteiger charge is 2.14. The summed E-state index contributed by atoms with van der Waals surface area (Å²) in [5, 5.41) is 0. The molecule has 2 aromatic rings. The third-order valence-corrected chi connectivity index (χ3v) is 5.21. The third kappa shape index (κ3) is 5.05. The average molecular weight is 329 g/mol. The molecule has 0 aliphatic heterocycles. The van der Waals surface area contributed by atoms with E-state index < -0.39 is 10.0 Å². The third-order valence-electron chi connectivity index (χ3n) is 3.73. The van der Waals surface area contributed by atoms with Gasteiger partial charge in [0.2, 0.25) is 10.0 Å². The van der Waals surface area contributed by atoms with Crippen molar-refractivity contribution in [1.29, 1.82) is 0 Å². The van der Waals surface area contributed by atoms with E-state index in [1.807, 2.05) is 38.1 Å². The first-order chi connectivity index (χ1) is 11.0. The molecule has 3 nitrogen and oxygen atoms in total. The Balaban J connectivity index is 2.00. The van der Waals surface area contributed by atoms with Gasteiger partial charge in [-0.1, -0.05) is 60.2 Å². The number of hydrogen-bond acceptors (Lipinski definition) is 2. The highest BCUT2D eigenvalue weighted by Crippen LogP contribution is 2.21. The first kappa shape index (κ1) is 17.4. The van der Waals surface area contributed by atoms with Crippen LogP contribution in [0, 0.1) is 6.92 Å². The van der Waals surface area contributed by atoms with Crippen LogP contribution in [0.1, 0.15) is 30.4 Å². The van der Waals surface area contributed by atoms with Gasteiger partial charge in [-0.3, -0.25) is 0 Å². The molecule has 0 saturated heterocycles. The van der Waals surface area contributed by atoms with Crippen LogP contribution in [0.4, 0.5) is 0 Å². The van der Waals surface area contributed by atoms with Crippen LogP contribution >= 0.6 is 0 Å². The number of hydrogen-bond donors (Lipinski definition) is 1. The number of sulfonamides is 1. The van der Waals surface area contributed by atoms with Crippen molar-refractivity contribution in [2.45, 2.75) is 31.1 Å². The van der Waals surface area contributed by atoms with Gasteiger partial charge >= 0.3 is 0 Å². The molecule has 0 aliphatic rings. The molecule has 0 aliphatic carbocycles. The van der Waals surface area contributed by atoms with Gasteiger partial charge < -0.3 is 0 Å². The predicted molar refractivity (Wildman–Crippen MR) is 95.0 cm³/mol. The minimum Gasteiger partial charge on any atom is -0.211 e. The van der Waals surface area contributed by atoms with Gasteiger partial charge in [0.05, 0.1) is 4.90 Å². The summed E-state index contributed by atoms with van der Waals surface area (Å²) in [6.45, 7) is 4.32. The number of aryl methyl sites for hydroxylation is 1. The summed E-state index contributed by atoms with van der Waals surface area (Å²) in [6, 6.07) is 17.0. The Morgan fingerprint density at radius 1 is 1.04 bits per heavy atom. The van der Waals surface area contributed by atoms with E-state index in [0.717, 1.165) is 12.0 Å². The monoisotopic (exact) mass is 329 g/mol. The molecule has 0 saturated carbocycles. The molecule has 0 radical (unpaired) electrons. The summed E-state index contributed by atoms with van der Waals surface area (Å²) < 4.78 is 27.3. The topological polar surface area (TPSA) is 46.2 Å². The lowest BCUT2D eigenvalue weighted by Crippen LogP contribution is -2.25. The molecule has 0 spiro atoms. The van der Waals surface area contributed by atoms with Crippen LogP contribution in [0.25, 0.3) is 0 Å². The average Bonchev–Trinajstić information content (AvgIpc) is 2.55. The van der Waals surface area contributed by atoms with Crippen LogP contribution in [0.2, 0.25) is 0 Å². The molecule has 0 aromatic heterocycles. The predicted octanol–water partition coefficient (Wildman–Crippen LogP) is 4.02. The summed E-state index contributed by atoms with van der Waals surface area (Å²) in [7, 11) is -3.44. The van der Waals surface area contributed by atoms with Crippen LogP contribution in [0.15, 0.2) is 71.6 Å². The Morgan fingerprint density at radius 3 is 2.30 bits per heavy atom. The molecule has 0 bridgehead atoms. The summed E-state index contributed by atoms with van der Waals surface area (Å²) in [4.78, 5) is 0.311. The maximum Gasteiger partial charge on any atom is 0.240 e. The van der Waals surface area contributed by atoms with E-state index in [2.05, 4.69) is 22.9 Å². The molecule has 1 unspecified atom stereocenters. The fourth-order valence-electron chi connectivity index (χ4n) is 2.46. The quantitative estimate of drug-likeness (QED) is 0.780. The Morgan fingerprint density at radius 2 is 1.70 bits per heavy atom. The van der Waals surface area contributed by atoms with E-state index in [1.54, 1.807) is 24.3 Å². The van der Waals surface area contributed by atoms with Crippen molar-refractivity contribution in [2.24, 2.45) is 0 Å². The molecule has 122 valence electrons. The van der Waals surface area contributed by atoms with Crippen molar-refractivity contribution in [3.05, 3.63) is 77.9 Å². The largest absolute Gasteiger partial charge is 0.240 e. The van der Waals surface area contributed by atoms with E-state index in [0.29, 0.717) is 11.4 Å². The van der Waals surface area contributed by atoms with Crippen molar-refractivity contribution in [3.8, 4) is 0 Å². The second-order valence-electron chi connectivity index (χ2n) is 5.54. The van der Waals surface area contributed by atoms with E-state index in [-0.39, 0.29) is 5.92 Å². The number of benzene rings is 2. The zero-order valence-electron chi connectivity index (χ0n) is 13.6. The lowest BCUT2D eigenvalue weighted by Gasteiger charge is -2.14. The van der Waals surface area contributed by atoms with Crippen LogP contribution < -0.4 is 4.72 Å². The second-order valence-corrected chi connectivity index (χ2v) is 7.31. The maximum absolute atomic E-state index is 12.3. The van der Waals surface area contributed by atoms with Gasteiger partial charge in [-0.05, 0) is 38.0 Å². The zero-order valence-corrected chi connectivity index (χ0v) is 14.4. The van der Waals surface area contributed by atoms with Crippen molar-refractivity contribution in [3.63, 3.8) is 0 Å². The summed E-state index contributed by atoms with van der Waals surface area (Å²) in [6.07, 6.45) is 4.83. The highest BCUT2D eigenvalue weighted by molar-refractivity contribution is 7.89. The molecule has 2 aromatic carbocycles. The lowest BCUT2D eigenvalue weighted by molar-refractivity contribution is 0.576. The fraction of sp³-hybridized carbons (Fsp3) is 0.263. The molecule has 2 rings (SSSR count). The molecular weight excluding hydrogens is 306 g/mol. The number of rotatable bonds is 7. The summed E-state index contributed by atoms with van der Waals surface area (Å²) in [5.74, 6) is 0.210. The van der Waals surface area contributed by atoms with Gasteiger partial charge in [0.25, 0.3) is 0 Å². The number of allylic oxidation sites excluding steroid dienone is 2. The number of nitrogens with one attached hydrogen (secondary N) is 1. The Hall–Kier alpha value is -1.91. The van der Waals surface area contributed by atoms with E-state index in [9.17, 15) is 8.42 Å². The van der Waals surface area contributed by atoms with Gasteiger partial charge in [0, 0.05) is 12.5 Å². The summed E-state index contributed by atoms with van der Waals surface area (Å²) in [5.41, 5.74) is 2.24. The van der Waals surface area contributed by atoms with Crippen LogP contribution in [0.3, 0.4) is 0 Å². The van der Waals surface area contributed by atoms with Gasteiger partial charge in [-0.25, -0.2) is 13.1 Å². The van der Waals surface area contributed by atoms with E-state index in [1.165, 1.54) is 5.56 Å². The first-order valence-corrected chi connectivity index (χ1v) is 9.25. The standard InChI is InChI=1S/C19H23NO2S/c1-3-7-17(18-8-5-4-6-9-18)14-15-20-23(21,22)19-12-10-16(2)11-13-19/h3-13,17,20H,14-15H2,1-2H3/b7-3+. The van der Waals surface area contributed by atoms with Crippen LogP contribution in [0.5, 0.6) is 0 Å². The molecular formula is C19H23NO2S. The highest BCUT2D eigenvalue weighted by atomic mass is 32.2. The van der Waals surface area contributed by atoms with Gasteiger partial charge in [-0.15, -0.1) is 0 Å². The molecule has 1 N–H and O–H groups in total. The van der Waals surface area contributed by atoms with Gasteiger partial charge in [-0.2, -0.15) is 0 Å². The molecule has 23 heavy (non-hydrogen) atoms. The van der Waals surface area contributed by atoms with Crippen molar-refractivity contribution in [1.82, 2.24) is 4.72 Å². The van der Waals surface area contributed by atoms with Crippen molar-refractivity contribution >= 4 is 10.0 Å². The zero-order chi connectivity index (χ0) is 16.7. The van der Waals surface area contributed by atoms with Gasteiger partial charge in [0.15, 0.2) is 0 Å². The Kier molecular flexibility index (Phi) is 6.13. The molecule has 4 heteroatoms. The van der Waals surface area contributed by atoms with E-state index >= 15 is 0 Å². The molecule has 0 fully saturated rings. The Bertz CT molecular complexity index is 735. The maximum atomic E-state index is 12.3. The molecule has 0 amide bonds. The minimum absolute atomic E-state index is 0.210. The smallest absolute Gasteiger partial charge is 0.211 e. The van der Waals surface area contributed by atoms with Crippen LogP contribution in [-0.4, -0.2) is 15.0 Å². The van der Waals surface area contributed by atoms with Crippen molar-refractivity contribution < 1.29 is 8.42 Å². The normalized spacial score (nSPS) is 13.3. The molecule has 0 heterocycles. The fourth-order valence-corrected chi connectivity index (χ4v) is 3.50. The minimum atomic E-state index is -3.44. The van der Waals surface area contributed by atoms with Gasteiger partial charge in [0.1, 0.15) is 0 Å². The molecule has 1 atom stereocenters. The lowest BCUT2D eigenvalue weighted by atomic mass is 9.95. The second kappa shape index (κ2) is 8.09. The van der Waals surface area contributed by atoms with E-state index in [4.69, 9.17) is 0 Å². The van der Waals surface area contributed by atoms with Crippen molar-refractivity contribution in [2.75, 3.05) is 6.54 Å². The first-order valence-electron chi connectivity index (χ1n) is 7.77. The summed E-state index contributed by atoms with van der Waals surface area (Å²) >= 11 is 0. The SMILES string of the molecule is C/C=C/C(CCNS(=O)(=O)c1ccc(C)cc1)c1ccccc1. The van der Waals surface area contributed by atoms with Crippen LogP contribution in [-0.2, 0) is 10.0 Å².